The Balaban J connectivity index is 2.00. The Labute approximate surface area is 138 Å². The molecule has 3 aromatic rings. The fraction of sp³-hybridized carbons (Fsp3) is 0.167. The van der Waals surface area contributed by atoms with E-state index in [-0.39, 0.29) is 0 Å². The van der Waals surface area contributed by atoms with Crippen LogP contribution in [0.2, 0.25) is 0 Å². The number of carbonyl (C=O) groups is 1. The van der Waals surface area contributed by atoms with Gasteiger partial charge in [0.1, 0.15) is 5.75 Å². The molecule has 0 unspecified atom stereocenters. The predicted octanol–water partition coefficient (Wildman–Crippen LogP) is 3.44. The molecule has 0 radical (unpaired) electrons. The average molecular weight is 321 g/mol. The topological polar surface area (TPSA) is 66.2 Å². The van der Waals surface area contributed by atoms with E-state index in [9.17, 15) is 4.79 Å². The molecule has 0 fully saturated rings. The Hall–Kier alpha value is -3.15. The Morgan fingerprint density at radius 3 is 2.79 bits per heavy atom. The van der Waals surface area contributed by atoms with Crippen molar-refractivity contribution in [2.24, 2.45) is 0 Å². The molecule has 6 nitrogen and oxygen atoms in total. The van der Waals surface area contributed by atoms with Gasteiger partial charge in [0.25, 0.3) is 0 Å². The van der Waals surface area contributed by atoms with E-state index in [2.05, 4.69) is 16.1 Å². The van der Waals surface area contributed by atoms with Crippen molar-refractivity contribution in [3.63, 3.8) is 0 Å². The maximum absolute atomic E-state index is 11.8. The van der Waals surface area contributed by atoms with Crippen molar-refractivity contribution in [2.45, 2.75) is 13.8 Å². The molecular formula is C18H15N3O3. The first-order valence-electron chi connectivity index (χ1n) is 7.51. The van der Waals surface area contributed by atoms with Crippen LogP contribution in [-0.4, -0.2) is 27.8 Å². The third kappa shape index (κ3) is 2.15. The van der Waals surface area contributed by atoms with Crippen LogP contribution < -0.4 is 4.74 Å². The van der Waals surface area contributed by atoms with Crippen molar-refractivity contribution in [3.05, 3.63) is 53.3 Å². The lowest BCUT2D eigenvalue weighted by Gasteiger charge is -2.09. The highest BCUT2D eigenvalue weighted by molar-refractivity contribution is 5.90. The monoisotopic (exact) mass is 321 g/mol. The van der Waals surface area contributed by atoms with Gasteiger partial charge in [0.2, 0.25) is 0 Å². The van der Waals surface area contributed by atoms with Crippen molar-refractivity contribution in [3.8, 4) is 28.6 Å². The quantitative estimate of drug-likeness (QED) is 0.502. The molecule has 0 saturated heterocycles. The molecule has 24 heavy (non-hydrogen) atoms. The summed E-state index contributed by atoms with van der Waals surface area (Å²) < 4.78 is 12.5. The smallest absolute Gasteiger partial charge is 0.339 e. The fourth-order valence-corrected chi connectivity index (χ4v) is 2.81. The maximum atomic E-state index is 11.8. The van der Waals surface area contributed by atoms with Gasteiger partial charge >= 0.3 is 5.97 Å². The summed E-state index contributed by atoms with van der Waals surface area (Å²) in [5, 5.41) is 4.53. The summed E-state index contributed by atoms with van der Waals surface area (Å²) >= 11 is 0. The van der Waals surface area contributed by atoms with Gasteiger partial charge in [0.15, 0.2) is 11.6 Å². The van der Waals surface area contributed by atoms with Crippen LogP contribution >= 0.6 is 0 Å². The van der Waals surface area contributed by atoms with E-state index in [0.29, 0.717) is 22.9 Å². The van der Waals surface area contributed by atoms with E-state index >= 15 is 0 Å². The molecule has 0 atom stereocenters. The molecule has 0 aliphatic carbocycles. The largest absolute Gasteiger partial charge is 0.465 e. The van der Waals surface area contributed by atoms with E-state index in [1.165, 1.54) is 13.3 Å². The highest BCUT2D eigenvalue weighted by atomic mass is 16.5. The zero-order valence-electron chi connectivity index (χ0n) is 13.5. The molecule has 0 saturated carbocycles. The summed E-state index contributed by atoms with van der Waals surface area (Å²) in [5.74, 6) is 1.24. The number of rotatable bonds is 1. The van der Waals surface area contributed by atoms with Gasteiger partial charge in [-0.15, -0.1) is 0 Å². The normalized spacial score (nSPS) is 11.6. The van der Waals surface area contributed by atoms with Gasteiger partial charge < -0.3 is 9.47 Å². The van der Waals surface area contributed by atoms with Gasteiger partial charge in [-0.1, -0.05) is 11.6 Å². The van der Waals surface area contributed by atoms with Crippen LogP contribution in [0.1, 0.15) is 21.6 Å². The Morgan fingerprint density at radius 1 is 1.17 bits per heavy atom. The number of pyridine rings is 1. The number of methoxy groups -OCH3 is 1. The van der Waals surface area contributed by atoms with Crippen molar-refractivity contribution in [1.29, 1.82) is 0 Å². The van der Waals surface area contributed by atoms with Crippen molar-refractivity contribution in [2.75, 3.05) is 7.11 Å². The first-order valence-corrected chi connectivity index (χ1v) is 7.51. The number of carbonyl (C=O) groups excluding carboxylic acids is 1. The van der Waals surface area contributed by atoms with Gasteiger partial charge in [-0.3, -0.25) is 0 Å². The lowest BCUT2D eigenvalue weighted by Crippen LogP contribution is -2.06. The minimum Gasteiger partial charge on any atom is -0.465 e. The summed E-state index contributed by atoms with van der Waals surface area (Å²) in [5.41, 5.74) is 4.18. The van der Waals surface area contributed by atoms with E-state index in [1.807, 2.05) is 32.0 Å². The van der Waals surface area contributed by atoms with E-state index in [0.717, 1.165) is 22.5 Å². The number of fused-ring (bicyclic) bond motifs is 5. The van der Waals surface area contributed by atoms with Crippen molar-refractivity contribution >= 4 is 5.97 Å². The SMILES string of the molecule is COC(=O)c1cnc2c(c1)Oc1ccc(C)cc1-c1cc(C)nn1-2. The van der Waals surface area contributed by atoms with Crippen molar-refractivity contribution in [1.82, 2.24) is 14.8 Å². The molecule has 0 spiro atoms. The number of nitrogens with zero attached hydrogens (tertiary/aromatic N) is 3. The fourth-order valence-electron chi connectivity index (χ4n) is 2.81. The van der Waals surface area contributed by atoms with Crippen LogP contribution in [0.25, 0.3) is 17.1 Å². The summed E-state index contributed by atoms with van der Waals surface area (Å²) in [6.07, 6.45) is 1.47. The molecular weight excluding hydrogens is 306 g/mol. The van der Waals surface area contributed by atoms with E-state index in [1.54, 1.807) is 10.7 Å². The van der Waals surface area contributed by atoms with Gasteiger partial charge in [-0.25, -0.2) is 14.5 Å². The van der Waals surface area contributed by atoms with Crippen LogP contribution in [-0.2, 0) is 4.74 Å². The first-order chi connectivity index (χ1) is 11.6. The van der Waals surface area contributed by atoms with Gasteiger partial charge in [-0.05, 0) is 32.0 Å². The van der Waals surface area contributed by atoms with Crippen molar-refractivity contribution < 1.29 is 14.3 Å². The summed E-state index contributed by atoms with van der Waals surface area (Å²) in [6.45, 7) is 3.96. The third-order valence-electron chi connectivity index (χ3n) is 3.92. The van der Waals surface area contributed by atoms with Crippen LogP contribution in [0, 0.1) is 13.8 Å². The van der Waals surface area contributed by atoms with Gasteiger partial charge in [0, 0.05) is 17.8 Å². The number of ether oxygens (including phenoxy) is 2. The molecule has 1 aliphatic rings. The summed E-state index contributed by atoms with van der Waals surface area (Å²) in [4.78, 5) is 16.2. The number of hydrogen-bond donors (Lipinski definition) is 0. The van der Waals surface area contributed by atoms with E-state index in [4.69, 9.17) is 9.47 Å². The molecule has 0 amide bonds. The zero-order chi connectivity index (χ0) is 16.8. The molecule has 2 aromatic heterocycles. The van der Waals surface area contributed by atoms with Crippen LogP contribution in [0.4, 0.5) is 0 Å². The lowest BCUT2D eigenvalue weighted by molar-refractivity contribution is 0.0600. The maximum Gasteiger partial charge on any atom is 0.339 e. The van der Waals surface area contributed by atoms with Crippen LogP contribution in [0.5, 0.6) is 11.5 Å². The standard InChI is InChI=1S/C18H15N3O3/c1-10-4-5-15-13(6-10)14-7-11(2)20-21(14)17-16(24-15)8-12(9-19-17)18(22)23-3/h4-9H,1-3H3. The molecule has 4 rings (SSSR count). The highest BCUT2D eigenvalue weighted by Gasteiger charge is 2.24. The molecule has 120 valence electrons. The number of hydrogen-bond acceptors (Lipinski definition) is 5. The van der Waals surface area contributed by atoms with Crippen LogP contribution in [0.3, 0.4) is 0 Å². The minimum atomic E-state index is -0.459. The second kappa shape index (κ2) is 5.19. The zero-order valence-corrected chi connectivity index (χ0v) is 13.5. The minimum absolute atomic E-state index is 0.331. The Kier molecular flexibility index (Phi) is 3.13. The molecule has 1 aliphatic heterocycles. The van der Waals surface area contributed by atoms with Gasteiger partial charge in [-0.2, -0.15) is 5.10 Å². The Morgan fingerprint density at radius 2 is 2.00 bits per heavy atom. The summed E-state index contributed by atoms with van der Waals surface area (Å²) in [7, 11) is 1.34. The Bertz CT molecular complexity index is 976. The highest BCUT2D eigenvalue weighted by Crippen LogP contribution is 2.41. The number of esters is 1. The summed E-state index contributed by atoms with van der Waals surface area (Å²) in [6, 6.07) is 9.57. The molecule has 6 heteroatoms. The van der Waals surface area contributed by atoms with E-state index < -0.39 is 5.97 Å². The molecule has 3 heterocycles. The number of benzene rings is 1. The molecule has 0 bridgehead atoms. The first kappa shape index (κ1) is 14.4. The van der Waals surface area contributed by atoms with Crippen LogP contribution in [0.15, 0.2) is 36.5 Å². The lowest BCUT2D eigenvalue weighted by atomic mass is 10.1. The molecule has 0 N–H and O–H groups in total. The second-order valence-electron chi connectivity index (χ2n) is 5.72. The van der Waals surface area contributed by atoms with Gasteiger partial charge in [0.05, 0.1) is 24.1 Å². The average Bonchev–Trinajstić information content (AvgIpc) is 2.92. The number of aryl methyl sites for hydroxylation is 2. The second-order valence-corrected chi connectivity index (χ2v) is 5.72. The predicted molar refractivity (Wildman–Crippen MR) is 87.7 cm³/mol. The molecule has 1 aromatic carbocycles. The number of aromatic nitrogens is 3. The third-order valence-corrected chi connectivity index (χ3v) is 3.92.